The van der Waals surface area contributed by atoms with Crippen molar-refractivity contribution in [2.45, 2.75) is 51.5 Å². The molecule has 0 spiro atoms. The first kappa shape index (κ1) is 22.7. The summed E-state index contributed by atoms with van der Waals surface area (Å²) in [5.41, 5.74) is 0.899. The summed E-state index contributed by atoms with van der Waals surface area (Å²) in [6, 6.07) is 2.61. The average molecular weight is 414 g/mol. The van der Waals surface area contributed by atoms with E-state index in [9.17, 15) is 18.5 Å². The minimum atomic E-state index is -3.87. The first-order chi connectivity index (χ1) is 13.2. The molecular formula is C19H31N3O5S. The van der Waals surface area contributed by atoms with Gasteiger partial charge in [-0.3, -0.25) is 15.0 Å². The molecule has 1 aromatic carbocycles. The van der Waals surface area contributed by atoms with E-state index in [2.05, 4.69) is 23.5 Å². The molecule has 0 radical (unpaired) electrons. The molecule has 0 aliphatic carbocycles. The lowest BCUT2D eigenvalue weighted by atomic mass is 9.92. The van der Waals surface area contributed by atoms with Gasteiger partial charge in [-0.2, -0.15) is 0 Å². The summed E-state index contributed by atoms with van der Waals surface area (Å²) in [5, 5.41) is 11.2. The number of ether oxygens (including phenoxy) is 1. The number of aryl methyl sites for hydroxylation is 1. The van der Waals surface area contributed by atoms with Crippen LogP contribution in [0, 0.1) is 29.9 Å². The van der Waals surface area contributed by atoms with Crippen LogP contribution in [0.3, 0.4) is 0 Å². The summed E-state index contributed by atoms with van der Waals surface area (Å²) < 4.78 is 34.1. The van der Waals surface area contributed by atoms with Crippen LogP contribution in [0.5, 0.6) is 0 Å². The van der Waals surface area contributed by atoms with E-state index in [-0.39, 0.29) is 23.2 Å². The van der Waals surface area contributed by atoms with Crippen molar-refractivity contribution in [3.8, 4) is 0 Å². The molecule has 0 bridgehead atoms. The van der Waals surface area contributed by atoms with E-state index in [1.165, 1.54) is 6.07 Å². The highest BCUT2D eigenvalue weighted by molar-refractivity contribution is 7.89. The third kappa shape index (κ3) is 5.28. The van der Waals surface area contributed by atoms with Crippen molar-refractivity contribution in [1.82, 2.24) is 9.62 Å². The maximum atomic E-state index is 13.0. The molecule has 0 aromatic heterocycles. The number of sulfonamides is 1. The number of morpholine rings is 1. The first-order valence-electron chi connectivity index (χ1n) is 9.78. The Morgan fingerprint density at radius 3 is 2.36 bits per heavy atom. The fraction of sp³-hybridized carbons (Fsp3) is 0.684. The van der Waals surface area contributed by atoms with Gasteiger partial charge >= 0.3 is 0 Å². The van der Waals surface area contributed by atoms with Gasteiger partial charge in [0, 0.05) is 37.8 Å². The molecule has 1 aliphatic rings. The van der Waals surface area contributed by atoms with Crippen LogP contribution < -0.4 is 4.72 Å². The number of nitrogens with zero attached hydrogens (tertiary/aromatic N) is 2. The Balaban J connectivity index is 2.27. The number of non-ortho nitro benzene ring substituents is 1. The number of nitro benzene ring substituents is 1. The van der Waals surface area contributed by atoms with E-state index in [0.29, 0.717) is 30.3 Å². The summed E-state index contributed by atoms with van der Waals surface area (Å²) in [5.74, 6) is 0.355. The van der Waals surface area contributed by atoms with Crippen molar-refractivity contribution in [2.75, 3.05) is 32.8 Å². The third-order valence-corrected chi connectivity index (χ3v) is 7.24. The van der Waals surface area contributed by atoms with Gasteiger partial charge < -0.3 is 4.74 Å². The second-order valence-electron chi connectivity index (χ2n) is 7.29. The topological polar surface area (TPSA) is 102 Å². The molecule has 1 aliphatic heterocycles. The van der Waals surface area contributed by atoms with Crippen LogP contribution in [0.2, 0.25) is 0 Å². The van der Waals surface area contributed by atoms with Gasteiger partial charge in [0.05, 0.1) is 23.0 Å². The van der Waals surface area contributed by atoms with Crippen LogP contribution in [0.1, 0.15) is 37.8 Å². The van der Waals surface area contributed by atoms with E-state index in [0.717, 1.165) is 32.0 Å². The van der Waals surface area contributed by atoms with Crippen LogP contribution in [0.4, 0.5) is 5.69 Å². The Morgan fingerprint density at radius 2 is 1.82 bits per heavy atom. The molecule has 1 saturated heterocycles. The Hall–Kier alpha value is -1.55. The zero-order chi connectivity index (χ0) is 20.9. The minimum Gasteiger partial charge on any atom is -0.379 e. The minimum absolute atomic E-state index is 0.0236. The summed E-state index contributed by atoms with van der Waals surface area (Å²) in [6.07, 6.45) is 1.91. The highest BCUT2D eigenvalue weighted by Gasteiger charge is 2.29. The lowest BCUT2D eigenvalue weighted by Crippen LogP contribution is -2.52. The quantitative estimate of drug-likeness (QED) is 0.493. The van der Waals surface area contributed by atoms with Crippen LogP contribution in [-0.2, 0) is 14.8 Å². The van der Waals surface area contributed by atoms with Gasteiger partial charge in [-0.05, 0) is 30.9 Å². The van der Waals surface area contributed by atoms with E-state index in [1.54, 1.807) is 13.8 Å². The van der Waals surface area contributed by atoms with E-state index >= 15 is 0 Å². The van der Waals surface area contributed by atoms with Crippen molar-refractivity contribution in [1.29, 1.82) is 0 Å². The highest BCUT2D eigenvalue weighted by Crippen LogP contribution is 2.26. The standard InChI is InChI=1S/C19H31N3O5S/c1-5-16(6-2)18(21-7-9-27-10-8-21)13-20-28(25,26)19-12-17(22(23)24)11-14(3)15(19)4/h11-12,16,18,20H,5-10,13H2,1-4H3. The van der Waals surface area contributed by atoms with Crippen LogP contribution in [0.15, 0.2) is 17.0 Å². The molecule has 1 fully saturated rings. The van der Waals surface area contributed by atoms with E-state index in [4.69, 9.17) is 4.74 Å². The smallest absolute Gasteiger partial charge is 0.271 e. The summed E-state index contributed by atoms with van der Waals surface area (Å²) in [7, 11) is -3.87. The van der Waals surface area contributed by atoms with Gasteiger partial charge in [0.1, 0.15) is 0 Å². The number of hydrogen-bond acceptors (Lipinski definition) is 6. The maximum absolute atomic E-state index is 13.0. The number of nitro groups is 1. The average Bonchev–Trinajstić information content (AvgIpc) is 2.67. The molecule has 158 valence electrons. The van der Waals surface area contributed by atoms with Crippen LogP contribution in [0.25, 0.3) is 0 Å². The molecule has 1 heterocycles. The predicted octanol–water partition coefficient (Wildman–Crippen LogP) is 2.63. The van der Waals surface area contributed by atoms with E-state index < -0.39 is 14.9 Å². The predicted molar refractivity (Wildman–Crippen MR) is 108 cm³/mol. The van der Waals surface area contributed by atoms with Crippen molar-refractivity contribution >= 4 is 15.7 Å². The Morgan fingerprint density at radius 1 is 1.21 bits per heavy atom. The molecule has 2 rings (SSSR count). The Kier molecular flexibility index (Phi) is 7.94. The molecular weight excluding hydrogens is 382 g/mol. The van der Waals surface area contributed by atoms with Crippen molar-refractivity contribution < 1.29 is 18.1 Å². The van der Waals surface area contributed by atoms with Gasteiger partial charge in [-0.15, -0.1) is 0 Å². The highest BCUT2D eigenvalue weighted by atomic mass is 32.2. The van der Waals surface area contributed by atoms with E-state index in [1.807, 2.05) is 0 Å². The molecule has 1 unspecified atom stereocenters. The molecule has 8 nitrogen and oxygen atoms in total. The number of rotatable bonds is 9. The normalized spacial score (nSPS) is 17.0. The fourth-order valence-electron chi connectivity index (χ4n) is 3.80. The Bertz CT molecular complexity index is 787. The number of benzene rings is 1. The van der Waals surface area contributed by atoms with Gasteiger partial charge in [0.15, 0.2) is 0 Å². The first-order valence-corrected chi connectivity index (χ1v) is 11.3. The zero-order valence-electron chi connectivity index (χ0n) is 17.1. The van der Waals surface area contributed by atoms with Gasteiger partial charge in [-0.25, -0.2) is 13.1 Å². The monoisotopic (exact) mass is 413 g/mol. The summed E-state index contributed by atoms with van der Waals surface area (Å²) >= 11 is 0. The lowest BCUT2D eigenvalue weighted by Gasteiger charge is -2.38. The molecule has 0 saturated carbocycles. The largest absolute Gasteiger partial charge is 0.379 e. The third-order valence-electron chi connectivity index (χ3n) is 5.69. The lowest BCUT2D eigenvalue weighted by molar-refractivity contribution is -0.385. The van der Waals surface area contributed by atoms with Crippen LogP contribution in [-0.4, -0.2) is 57.1 Å². The number of nitrogens with one attached hydrogen (secondary N) is 1. The number of hydrogen-bond donors (Lipinski definition) is 1. The van der Waals surface area contributed by atoms with Gasteiger partial charge in [-0.1, -0.05) is 26.7 Å². The van der Waals surface area contributed by atoms with Gasteiger partial charge in [0.2, 0.25) is 10.0 Å². The van der Waals surface area contributed by atoms with Crippen molar-refractivity contribution in [3.63, 3.8) is 0 Å². The summed E-state index contributed by atoms with van der Waals surface area (Å²) in [4.78, 5) is 12.9. The van der Waals surface area contributed by atoms with Crippen molar-refractivity contribution in [3.05, 3.63) is 33.4 Å². The SMILES string of the molecule is CCC(CC)C(CNS(=O)(=O)c1cc([N+](=O)[O-])cc(C)c1C)N1CCOCC1. The molecule has 1 N–H and O–H groups in total. The molecule has 0 amide bonds. The second kappa shape index (κ2) is 9.78. The molecule has 1 atom stereocenters. The molecule has 9 heteroatoms. The summed E-state index contributed by atoms with van der Waals surface area (Å²) in [6.45, 7) is 10.7. The van der Waals surface area contributed by atoms with Crippen molar-refractivity contribution in [2.24, 2.45) is 5.92 Å². The van der Waals surface area contributed by atoms with Gasteiger partial charge in [0.25, 0.3) is 5.69 Å². The fourth-order valence-corrected chi connectivity index (χ4v) is 5.19. The zero-order valence-corrected chi connectivity index (χ0v) is 17.9. The Labute approximate surface area is 167 Å². The maximum Gasteiger partial charge on any atom is 0.271 e. The molecule has 28 heavy (non-hydrogen) atoms. The second-order valence-corrected chi connectivity index (χ2v) is 9.02. The molecule has 1 aromatic rings. The van der Waals surface area contributed by atoms with Crippen LogP contribution >= 0.6 is 0 Å².